The summed E-state index contributed by atoms with van der Waals surface area (Å²) in [4.78, 5) is 3.94. The summed E-state index contributed by atoms with van der Waals surface area (Å²) in [6, 6.07) is 3.34. The second kappa shape index (κ2) is 6.18. The molecule has 0 amide bonds. The maximum absolute atomic E-state index is 11.6. The van der Waals surface area contributed by atoms with E-state index in [4.69, 9.17) is 11.6 Å². The monoisotopic (exact) mass is 262 g/mol. The molecule has 6 heteroatoms. The van der Waals surface area contributed by atoms with Crippen molar-refractivity contribution in [2.75, 3.05) is 11.6 Å². The van der Waals surface area contributed by atoms with Crippen molar-refractivity contribution in [3.05, 3.63) is 30.1 Å². The molecule has 1 atom stereocenters. The van der Waals surface area contributed by atoms with E-state index in [1.165, 1.54) is 0 Å². The van der Waals surface area contributed by atoms with Gasteiger partial charge in [-0.05, 0) is 25.0 Å². The van der Waals surface area contributed by atoms with Crippen molar-refractivity contribution >= 4 is 21.6 Å². The number of rotatable bonds is 6. The van der Waals surface area contributed by atoms with E-state index in [1.54, 1.807) is 25.4 Å². The van der Waals surface area contributed by atoms with Gasteiger partial charge in [0.1, 0.15) is 0 Å². The first-order valence-electron chi connectivity index (χ1n) is 5.01. The molecule has 0 radical (unpaired) electrons. The van der Waals surface area contributed by atoms with Crippen LogP contribution in [0.4, 0.5) is 0 Å². The first kappa shape index (κ1) is 13.4. The number of sulfonamides is 1. The van der Waals surface area contributed by atoms with Crippen LogP contribution in [0.15, 0.2) is 24.5 Å². The topological polar surface area (TPSA) is 59.1 Å². The van der Waals surface area contributed by atoms with Gasteiger partial charge in [-0.3, -0.25) is 4.98 Å². The molecule has 16 heavy (non-hydrogen) atoms. The molecule has 0 aliphatic rings. The predicted octanol–water partition coefficient (Wildman–Crippen LogP) is 1.69. The molecule has 0 bridgehead atoms. The largest absolute Gasteiger partial charge is 0.264 e. The van der Waals surface area contributed by atoms with Crippen LogP contribution in [0.5, 0.6) is 0 Å². The average molecular weight is 263 g/mol. The standard InChI is InChI=1S/C10H15ClN2O2S/c1-9(10-4-2-6-12-8-10)13-16(14,15)7-3-5-11/h2,4,6,8-9,13H,3,5,7H2,1H3/t9-/m1/s1. The molecule has 0 aromatic carbocycles. The molecule has 0 unspecified atom stereocenters. The van der Waals surface area contributed by atoms with Gasteiger partial charge in [-0.1, -0.05) is 6.07 Å². The molecule has 0 aliphatic carbocycles. The van der Waals surface area contributed by atoms with Gasteiger partial charge in [0.25, 0.3) is 0 Å². The maximum atomic E-state index is 11.6. The highest BCUT2D eigenvalue weighted by molar-refractivity contribution is 7.89. The molecule has 0 saturated heterocycles. The Kier molecular flexibility index (Phi) is 5.18. The third-order valence-electron chi connectivity index (χ3n) is 2.09. The van der Waals surface area contributed by atoms with E-state index in [1.807, 2.05) is 6.07 Å². The van der Waals surface area contributed by atoms with E-state index in [9.17, 15) is 8.42 Å². The van der Waals surface area contributed by atoms with Crippen LogP contribution in [0, 0.1) is 0 Å². The molecule has 4 nitrogen and oxygen atoms in total. The summed E-state index contributed by atoms with van der Waals surface area (Å²) >= 11 is 5.46. The fourth-order valence-corrected chi connectivity index (χ4v) is 2.88. The van der Waals surface area contributed by atoms with Crippen molar-refractivity contribution in [1.29, 1.82) is 0 Å². The quantitative estimate of drug-likeness (QED) is 0.794. The summed E-state index contributed by atoms with van der Waals surface area (Å²) in [5.41, 5.74) is 0.844. The fourth-order valence-electron chi connectivity index (χ4n) is 1.27. The van der Waals surface area contributed by atoms with Gasteiger partial charge in [-0.2, -0.15) is 0 Å². The molecule has 90 valence electrons. The maximum Gasteiger partial charge on any atom is 0.212 e. The molecule has 1 N–H and O–H groups in total. The lowest BCUT2D eigenvalue weighted by Crippen LogP contribution is -2.29. The zero-order valence-corrected chi connectivity index (χ0v) is 10.6. The van der Waals surface area contributed by atoms with Crippen molar-refractivity contribution in [2.24, 2.45) is 0 Å². The van der Waals surface area contributed by atoms with E-state index in [-0.39, 0.29) is 11.8 Å². The van der Waals surface area contributed by atoms with Crippen LogP contribution in [-0.2, 0) is 10.0 Å². The van der Waals surface area contributed by atoms with Gasteiger partial charge in [0.05, 0.1) is 5.75 Å². The number of hydrogen-bond donors (Lipinski definition) is 1. The second-order valence-electron chi connectivity index (χ2n) is 3.49. The van der Waals surface area contributed by atoms with E-state index in [0.29, 0.717) is 12.3 Å². The third-order valence-corrected chi connectivity index (χ3v) is 3.89. The van der Waals surface area contributed by atoms with Gasteiger partial charge >= 0.3 is 0 Å². The predicted molar refractivity (Wildman–Crippen MR) is 64.9 cm³/mol. The summed E-state index contributed by atoms with van der Waals surface area (Å²) in [7, 11) is -3.25. The molecule has 1 heterocycles. The summed E-state index contributed by atoms with van der Waals surface area (Å²) in [5.74, 6) is 0.406. The normalized spacial score (nSPS) is 13.6. The third kappa shape index (κ3) is 4.47. The van der Waals surface area contributed by atoms with Gasteiger partial charge < -0.3 is 0 Å². The molecule has 0 aliphatic heterocycles. The lowest BCUT2D eigenvalue weighted by atomic mass is 10.2. The fraction of sp³-hybridized carbons (Fsp3) is 0.500. The van der Waals surface area contributed by atoms with Gasteiger partial charge in [-0.15, -0.1) is 11.6 Å². The minimum atomic E-state index is -3.25. The molecule has 1 rings (SSSR count). The minimum Gasteiger partial charge on any atom is -0.264 e. The molecule has 1 aromatic rings. The average Bonchev–Trinajstić information content (AvgIpc) is 2.27. The number of nitrogens with one attached hydrogen (secondary N) is 1. The summed E-state index contributed by atoms with van der Waals surface area (Å²) in [5, 5.41) is 0. The lowest BCUT2D eigenvalue weighted by Gasteiger charge is -2.13. The Hall–Kier alpha value is -0.650. The number of alkyl halides is 1. The molecule has 1 aromatic heterocycles. The first-order chi connectivity index (χ1) is 7.55. The van der Waals surface area contributed by atoms with E-state index < -0.39 is 10.0 Å². The van der Waals surface area contributed by atoms with Crippen LogP contribution in [0.1, 0.15) is 24.9 Å². The Morgan fingerprint density at radius 1 is 1.56 bits per heavy atom. The highest BCUT2D eigenvalue weighted by Gasteiger charge is 2.15. The summed E-state index contributed by atoms with van der Waals surface area (Å²) < 4.78 is 25.7. The number of nitrogens with zero attached hydrogens (tertiary/aromatic N) is 1. The number of hydrogen-bond acceptors (Lipinski definition) is 3. The van der Waals surface area contributed by atoms with Gasteiger partial charge in [0.15, 0.2) is 0 Å². The van der Waals surface area contributed by atoms with E-state index in [2.05, 4.69) is 9.71 Å². The SMILES string of the molecule is C[C@@H](NS(=O)(=O)CCCCl)c1cccnc1. The smallest absolute Gasteiger partial charge is 0.212 e. The van der Waals surface area contributed by atoms with Crippen LogP contribution < -0.4 is 4.72 Å². The highest BCUT2D eigenvalue weighted by atomic mass is 35.5. The van der Waals surface area contributed by atoms with Crippen LogP contribution in [0.2, 0.25) is 0 Å². The van der Waals surface area contributed by atoms with Gasteiger partial charge in [0, 0.05) is 24.3 Å². The van der Waals surface area contributed by atoms with Crippen molar-refractivity contribution < 1.29 is 8.42 Å². The lowest BCUT2D eigenvalue weighted by molar-refractivity contribution is 0.565. The van der Waals surface area contributed by atoms with E-state index >= 15 is 0 Å². The van der Waals surface area contributed by atoms with Gasteiger partial charge in [0.2, 0.25) is 10.0 Å². The Balaban J connectivity index is 2.61. The second-order valence-corrected chi connectivity index (χ2v) is 5.74. The van der Waals surface area contributed by atoms with E-state index in [0.717, 1.165) is 5.56 Å². The minimum absolute atomic E-state index is 0.0566. The molecule has 0 saturated carbocycles. The first-order valence-corrected chi connectivity index (χ1v) is 7.20. The van der Waals surface area contributed by atoms with Crippen LogP contribution in [-0.4, -0.2) is 25.0 Å². The Bertz CT molecular complexity index is 408. The Morgan fingerprint density at radius 2 is 2.31 bits per heavy atom. The Labute approximate surface area is 101 Å². The van der Waals surface area contributed by atoms with Crippen molar-refractivity contribution in [1.82, 2.24) is 9.71 Å². The van der Waals surface area contributed by atoms with Crippen LogP contribution >= 0.6 is 11.6 Å². The highest BCUT2D eigenvalue weighted by Crippen LogP contribution is 2.11. The number of pyridine rings is 1. The van der Waals surface area contributed by atoms with Crippen LogP contribution in [0.3, 0.4) is 0 Å². The molecule has 0 spiro atoms. The summed E-state index contributed by atoms with van der Waals surface area (Å²) in [6.45, 7) is 1.79. The van der Waals surface area contributed by atoms with Crippen molar-refractivity contribution in [3.63, 3.8) is 0 Å². The molecule has 0 fully saturated rings. The molecular weight excluding hydrogens is 248 g/mol. The number of aromatic nitrogens is 1. The zero-order valence-electron chi connectivity index (χ0n) is 9.06. The Morgan fingerprint density at radius 3 is 2.88 bits per heavy atom. The number of halogens is 1. The molecular formula is C10H15ClN2O2S. The van der Waals surface area contributed by atoms with Crippen molar-refractivity contribution in [3.8, 4) is 0 Å². The summed E-state index contributed by atoms with van der Waals surface area (Å²) in [6.07, 6.45) is 3.75. The zero-order chi connectivity index (χ0) is 12.0. The van der Waals surface area contributed by atoms with Crippen molar-refractivity contribution in [2.45, 2.75) is 19.4 Å². The van der Waals surface area contributed by atoms with Crippen LogP contribution in [0.25, 0.3) is 0 Å². The van der Waals surface area contributed by atoms with Gasteiger partial charge in [-0.25, -0.2) is 13.1 Å².